The highest BCUT2D eigenvalue weighted by Crippen LogP contribution is 2.17. The molecule has 1 aromatic rings. The van der Waals surface area contributed by atoms with Crippen LogP contribution in [0.4, 0.5) is 0 Å². The number of ether oxygens (including phenoxy) is 2. The highest BCUT2D eigenvalue weighted by molar-refractivity contribution is 7.89. The van der Waals surface area contributed by atoms with E-state index in [0.29, 0.717) is 19.6 Å². The lowest BCUT2D eigenvalue weighted by molar-refractivity contribution is 0.304. The van der Waals surface area contributed by atoms with Gasteiger partial charge in [-0.2, -0.15) is 0 Å². The van der Waals surface area contributed by atoms with Crippen molar-refractivity contribution >= 4 is 10.0 Å². The number of hydrogen-bond acceptors (Lipinski definition) is 4. The van der Waals surface area contributed by atoms with Crippen LogP contribution in [-0.2, 0) is 10.0 Å². The molecule has 19 heavy (non-hydrogen) atoms. The number of benzene rings is 1. The van der Waals surface area contributed by atoms with E-state index < -0.39 is 10.0 Å². The molecule has 2 N–H and O–H groups in total. The van der Waals surface area contributed by atoms with Crippen molar-refractivity contribution in [3.63, 3.8) is 0 Å². The summed E-state index contributed by atoms with van der Waals surface area (Å²) in [5.41, 5.74) is 0. The van der Waals surface area contributed by atoms with E-state index in [1.54, 1.807) is 0 Å². The summed E-state index contributed by atoms with van der Waals surface area (Å²) in [6.45, 7) is 3.15. The molecule has 0 aliphatic heterocycles. The molecule has 0 saturated heterocycles. The van der Waals surface area contributed by atoms with Crippen molar-refractivity contribution in [2.45, 2.75) is 26.2 Å². The van der Waals surface area contributed by atoms with Crippen molar-refractivity contribution in [1.82, 2.24) is 0 Å². The smallest absolute Gasteiger partial charge is 0.209 e. The van der Waals surface area contributed by atoms with Crippen molar-refractivity contribution in [3.8, 4) is 11.5 Å². The largest absolute Gasteiger partial charge is 0.494 e. The zero-order chi connectivity index (χ0) is 14.1. The van der Waals surface area contributed by atoms with Crippen LogP contribution in [0.5, 0.6) is 11.5 Å². The molecule has 0 fully saturated rings. The molecule has 0 aromatic heterocycles. The molecule has 1 aromatic carbocycles. The minimum Gasteiger partial charge on any atom is -0.494 e. The van der Waals surface area contributed by atoms with Gasteiger partial charge in [-0.1, -0.05) is 0 Å². The molecule has 0 aliphatic carbocycles. The van der Waals surface area contributed by atoms with Gasteiger partial charge < -0.3 is 9.47 Å². The minimum atomic E-state index is -3.33. The van der Waals surface area contributed by atoms with Crippen LogP contribution in [0.2, 0.25) is 0 Å². The first-order valence-corrected chi connectivity index (χ1v) is 8.09. The van der Waals surface area contributed by atoms with E-state index in [0.717, 1.165) is 24.3 Å². The lowest BCUT2D eigenvalue weighted by Gasteiger charge is -2.07. The summed E-state index contributed by atoms with van der Waals surface area (Å²) in [4.78, 5) is 0. The van der Waals surface area contributed by atoms with Gasteiger partial charge in [0, 0.05) is 0 Å². The maximum Gasteiger partial charge on any atom is 0.209 e. The Bertz CT molecular complexity index is 456. The van der Waals surface area contributed by atoms with Gasteiger partial charge in [0.25, 0.3) is 0 Å². The van der Waals surface area contributed by atoms with Crippen molar-refractivity contribution in [2.75, 3.05) is 19.0 Å². The van der Waals surface area contributed by atoms with Crippen molar-refractivity contribution < 1.29 is 17.9 Å². The summed E-state index contributed by atoms with van der Waals surface area (Å²) >= 11 is 0. The molecule has 6 heteroatoms. The molecule has 0 radical (unpaired) electrons. The number of sulfonamides is 1. The SMILES string of the molecule is CCOc1ccc(OCCCCCS(N)(=O)=O)cc1. The minimum absolute atomic E-state index is 0.0378. The number of unbranched alkanes of at least 4 members (excludes halogenated alkanes) is 2. The summed E-state index contributed by atoms with van der Waals surface area (Å²) in [6.07, 6.45) is 2.17. The topological polar surface area (TPSA) is 78.6 Å². The zero-order valence-corrected chi connectivity index (χ0v) is 12.0. The number of nitrogens with two attached hydrogens (primary N) is 1. The lowest BCUT2D eigenvalue weighted by Crippen LogP contribution is -2.16. The Morgan fingerprint density at radius 1 is 1.00 bits per heavy atom. The average Bonchev–Trinajstić information content (AvgIpc) is 2.35. The van der Waals surface area contributed by atoms with Gasteiger partial charge in [0.05, 0.1) is 19.0 Å². The summed E-state index contributed by atoms with van der Waals surface area (Å²) in [7, 11) is -3.33. The molecule has 0 spiro atoms. The van der Waals surface area contributed by atoms with Crippen LogP contribution in [0.15, 0.2) is 24.3 Å². The molecule has 0 bridgehead atoms. The molecular formula is C13H21NO4S. The van der Waals surface area contributed by atoms with Gasteiger partial charge in [-0.05, 0) is 50.5 Å². The van der Waals surface area contributed by atoms with E-state index in [9.17, 15) is 8.42 Å². The molecule has 0 heterocycles. The second-order valence-electron chi connectivity index (χ2n) is 4.18. The Morgan fingerprint density at radius 3 is 2.11 bits per heavy atom. The maximum absolute atomic E-state index is 10.7. The third-order valence-corrected chi connectivity index (χ3v) is 3.33. The molecule has 1 rings (SSSR count). The standard InChI is InChI=1S/C13H21NO4S/c1-2-17-12-6-8-13(9-7-12)18-10-4-3-5-11-19(14,15)16/h6-9H,2-5,10-11H2,1H3,(H2,14,15,16). The maximum atomic E-state index is 10.7. The Morgan fingerprint density at radius 2 is 1.58 bits per heavy atom. The highest BCUT2D eigenvalue weighted by Gasteiger charge is 2.01. The number of hydrogen-bond donors (Lipinski definition) is 1. The van der Waals surface area contributed by atoms with Crippen molar-refractivity contribution in [2.24, 2.45) is 5.14 Å². The second-order valence-corrected chi connectivity index (χ2v) is 5.91. The van der Waals surface area contributed by atoms with Crippen LogP contribution < -0.4 is 14.6 Å². The number of primary sulfonamides is 1. The van der Waals surface area contributed by atoms with Crippen LogP contribution in [0.3, 0.4) is 0 Å². The van der Waals surface area contributed by atoms with Gasteiger partial charge in [0.15, 0.2) is 0 Å². The Kier molecular flexibility index (Phi) is 6.66. The first kappa shape index (κ1) is 15.8. The van der Waals surface area contributed by atoms with Crippen molar-refractivity contribution in [3.05, 3.63) is 24.3 Å². The second kappa shape index (κ2) is 8.01. The van der Waals surface area contributed by atoms with Gasteiger partial charge in [-0.15, -0.1) is 0 Å². The van der Waals surface area contributed by atoms with E-state index in [-0.39, 0.29) is 5.75 Å². The predicted octanol–water partition coefficient (Wildman–Crippen LogP) is 1.92. The summed E-state index contributed by atoms with van der Waals surface area (Å²) < 4.78 is 32.3. The van der Waals surface area contributed by atoms with Gasteiger partial charge in [0.2, 0.25) is 10.0 Å². The van der Waals surface area contributed by atoms with Gasteiger partial charge in [-0.25, -0.2) is 13.6 Å². The first-order chi connectivity index (χ1) is 9.01. The molecule has 108 valence electrons. The molecular weight excluding hydrogens is 266 g/mol. The highest BCUT2D eigenvalue weighted by atomic mass is 32.2. The number of rotatable bonds is 9. The Balaban J connectivity index is 2.15. The van der Waals surface area contributed by atoms with E-state index in [4.69, 9.17) is 14.6 Å². The van der Waals surface area contributed by atoms with Crippen molar-refractivity contribution in [1.29, 1.82) is 0 Å². The third-order valence-electron chi connectivity index (χ3n) is 2.48. The van der Waals surface area contributed by atoms with Crippen LogP contribution in [-0.4, -0.2) is 27.4 Å². The average molecular weight is 287 g/mol. The molecule has 0 saturated carbocycles. The van der Waals surface area contributed by atoms with Crippen LogP contribution >= 0.6 is 0 Å². The van der Waals surface area contributed by atoms with Gasteiger partial charge in [-0.3, -0.25) is 0 Å². The van der Waals surface area contributed by atoms with Crippen LogP contribution in [0.25, 0.3) is 0 Å². The zero-order valence-electron chi connectivity index (χ0n) is 11.2. The first-order valence-electron chi connectivity index (χ1n) is 6.37. The lowest BCUT2D eigenvalue weighted by atomic mass is 10.2. The summed E-state index contributed by atoms with van der Waals surface area (Å²) in [5.74, 6) is 1.65. The van der Waals surface area contributed by atoms with Gasteiger partial charge >= 0.3 is 0 Å². The summed E-state index contributed by atoms with van der Waals surface area (Å²) in [6, 6.07) is 7.43. The fourth-order valence-corrected chi connectivity index (χ4v) is 2.18. The third kappa shape index (κ3) is 7.69. The molecule has 0 amide bonds. The van der Waals surface area contributed by atoms with Crippen LogP contribution in [0.1, 0.15) is 26.2 Å². The molecule has 0 atom stereocenters. The van der Waals surface area contributed by atoms with E-state index >= 15 is 0 Å². The predicted molar refractivity (Wildman–Crippen MR) is 74.9 cm³/mol. The summed E-state index contributed by atoms with van der Waals surface area (Å²) in [5, 5.41) is 4.91. The van der Waals surface area contributed by atoms with Gasteiger partial charge in [0.1, 0.15) is 11.5 Å². The molecule has 5 nitrogen and oxygen atoms in total. The van der Waals surface area contributed by atoms with E-state index in [2.05, 4.69) is 0 Å². The Labute approximate surface area is 114 Å². The van der Waals surface area contributed by atoms with E-state index in [1.807, 2.05) is 31.2 Å². The van der Waals surface area contributed by atoms with E-state index in [1.165, 1.54) is 0 Å². The Hall–Kier alpha value is -1.27. The normalized spacial score (nSPS) is 11.3. The quantitative estimate of drug-likeness (QED) is 0.704. The fourth-order valence-electron chi connectivity index (χ4n) is 1.57. The molecule has 0 unspecified atom stereocenters. The fraction of sp³-hybridized carbons (Fsp3) is 0.538. The monoisotopic (exact) mass is 287 g/mol. The van der Waals surface area contributed by atoms with Crippen LogP contribution in [0, 0.1) is 0 Å². The molecule has 0 aliphatic rings.